The van der Waals surface area contributed by atoms with Crippen LogP contribution in [0.2, 0.25) is 0 Å². The summed E-state index contributed by atoms with van der Waals surface area (Å²) >= 11 is 0. The molecule has 0 radical (unpaired) electrons. The van der Waals surface area contributed by atoms with Gasteiger partial charge < -0.3 is 9.80 Å². The molecule has 0 aliphatic carbocycles. The number of nitrogens with zero attached hydrogens (tertiary/aromatic N) is 6. The summed E-state index contributed by atoms with van der Waals surface area (Å²) in [5.74, 6) is 1.67. The maximum Gasteiger partial charge on any atom is 0.227 e. The molecule has 3 rings (SSSR count). The smallest absolute Gasteiger partial charge is 0.227 e. The monoisotopic (exact) mass is 336 g/mol. The van der Waals surface area contributed by atoms with Gasteiger partial charge in [-0.1, -0.05) is 18.2 Å². The number of aromatic nitrogens is 2. The Bertz CT molecular complexity index is 767. The summed E-state index contributed by atoms with van der Waals surface area (Å²) in [5.41, 5.74) is 1.86. The highest BCUT2D eigenvalue weighted by Crippen LogP contribution is 2.22. The van der Waals surface area contributed by atoms with Crippen LogP contribution in [0.25, 0.3) is 0 Å². The molecule has 25 heavy (non-hydrogen) atoms. The first kappa shape index (κ1) is 17.2. The predicted octanol–water partition coefficient (Wildman–Crippen LogP) is 2.12. The van der Waals surface area contributed by atoms with E-state index < -0.39 is 0 Å². The molecule has 6 heteroatoms. The standard InChI is InChI=1S/C19H24N6/c1-23(2)18-8-10-21-19(22-18)24(3)17-9-11-25(14-17)13-16-7-5-4-6-15(16)12-20/h4-8,10,17H,9,11,13-14H2,1-3H3. The molecule has 130 valence electrons. The maximum absolute atomic E-state index is 9.25. The van der Waals surface area contributed by atoms with Crippen LogP contribution in [0.4, 0.5) is 11.8 Å². The first-order valence-electron chi connectivity index (χ1n) is 8.52. The average Bonchev–Trinajstić information content (AvgIpc) is 3.10. The van der Waals surface area contributed by atoms with E-state index in [0.29, 0.717) is 6.04 Å². The van der Waals surface area contributed by atoms with Crippen molar-refractivity contribution in [3.05, 3.63) is 47.7 Å². The van der Waals surface area contributed by atoms with E-state index in [2.05, 4.69) is 32.9 Å². The van der Waals surface area contributed by atoms with Gasteiger partial charge in [-0.25, -0.2) is 4.98 Å². The van der Waals surface area contributed by atoms with Gasteiger partial charge in [0, 0.05) is 53.0 Å². The SMILES string of the molecule is CN(C)c1ccnc(N(C)C2CCN(Cc3ccccc3C#N)C2)n1. The molecule has 1 aromatic carbocycles. The van der Waals surface area contributed by atoms with Crippen molar-refractivity contribution in [1.82, 2.24) is 14.9 Å². The van der Waals surface area contributed by atoms with Gasteiger partial charge >= 0.3 is 0 Å². The van der Waals surface area contributed by atoms with Crippen LogP contribution in [-0.2, 0) is 6.54 Å². The molecule has 1 unspecified atom stereocenters. The van der Waals surface area contributed by atoms with Crippen LogP contribution in [0.5, 0.6) is 0 Å². The predicted molar refractivity (Wildman–Crippen MR) is 99.6 cm³/mol. The van der Waals surface area contributed by atoms with E-state index in [-0.39, 0.29) is 0 Å². The summed E-state index contributed by atoms with van der Waals surface area (Å²) in [4.78, 5) is 15.6. The van der Waals surface area contributed by atoms with Gasteiger partial charge in [0.05, 0.1) is 11.6 Å². The fraction of sp³-hybridized carbons (Fsp3) is 0.421. The van der Waals surface area contributed by atoms with E-state index in [1.807, 2.05) is 55.5 Å². The van der Waals surface area contributed by atoms with Gasteiger partial charge in [-0.3, -0.25) is 4.90 Å². The Morgan fingerprint density at radius 3 is 2.80 bits per heavy atom. The van der Waals surface area contributed by atoms with Crippen LogP contribution < -0.4 is 9.80 Å². The summed E-state index contributed by atoms with van der Waals surface area (Å²) in [6.07, 6.45) is 2.88. The number of rotatable bonds is 5. The topological polar surface area (TPSA) is 59.3 Å². The molecule has 1 aliphatic rings. The van der Waals surface area contributed by atoms with Gasteiger partial charge in [-0.2, -0.15) is 10.2 Å². The van der Waals surface area contributed by atoms with Gasteiger partial charge in [-0.05, 0) is 24.1 Å². The van der Waals surface area contributed by atoms with Crippen molar-refractivity contribution in [2.45, 2.75) is 19.0 Å². The zero-order chi connectivity index (χ0) is 17.8. The Hall–Kier alpha value is -2.65. The van der Waals surface area contributed by atoms with Crippen molar-refractivity contribution in [3.8, 4) is 6.07 Å². The molecule has 0 spiro atoms. The molecule has 2 aromatic rings. The minimum Gasteiger partial charge on any atom is -0.363 e. The van der Waals surface area contributed by atoms with Crippen molar-refractivity contribution in [2.24, 2.45) is 0 Å². The normalized spacial score (nSPS) is 17.3. The number of anilines is 2. The first-order chi connectivity index (χ1) is 12.1. The Kier molecular flexibility index (Phi) is 5.15. The van der Waals surface area contributed by atoms with Crippen LogP contribution >= 0.6 is 0 Å². The number of hydrogen-bond donors (Lipinski definition) is 0. The fourth-order valence-electron chi connectivity index (χ4n) is 3.20. The number of likely N-dealkylation sites (N-methyl/N-ethyl adjacent to an activating group) is 1. The second-order valence-corrected chi connectivity index (χ2v) is 6.67. The largest absolute Gasteiger partial charge is 0.363 e. The number of hydrogen-bond acceptors (Lipinski definition) is 6. The third-order valence-corrected chi connectivity index (χ3v) is 4.73. The van der Waals surface area contributed by atoms with Crippen LogP contribution in [0.1, 0.15) is 17.5 Å². The Balaban J connectivity index is 1.66. The lowest BCUT2D eigenvalue weighted by Gasteiger charge is -2.26. The number of benzene rings is 1. The molecular weight excluding hydrogens is 312 g/mol. The summed E-state index contributed by atoms with van der Waals surface area (Å²) in [5, 5.41) is 9.25. The lowest BCUT2D eigenvalue weighted by atomic mass is 10.1. The van der Waals surface area contributed by atoms with Gasteiger partial charge in [0.2, 0.25) is 5.95 Å². The highest BCUT2D eigenvalue weighted by atomic mass is 15.3. The highest BCUT2D eigenvalue weighted by Gasteiger charge is 2.27. The number of likely N-dealkylation sites (tertiary alicyclic amines) is 1. The van der Waals surface area contributed by atoms with Crippen LogP contribution in [0.15, 0.2) is 36.5 Å². The van der Waals surface area contributed by atoms with Crippen molar-refractivity contribution in [2.75, 3.05) is 44.0 Å². The second kappa shape index (κ2) is 7.49. The molecule has 6 nitrogen and oxygen atoms in total. The summed E-state index contributed by atoms with van der Waals surface area (Å²) in [6.45, 7) is 2.78. The van der Waals surface area contributed by atoms with Gasteiger partial charge in [0.15, 0.2) is 0 Å². The maximum atomic E-state index is 9.25. The quantitative estimate of drug-likeness (QED) is 0.834. The Morgan fingerprint density at radius 2 is 2.04 bits per heavy atom. The van der Waals surface area contributed by atoms with Crippen molar-refractivity contribution >= 4 is 11.8 Å². The molecule has 0 bridgehead atoms. The molecule has 0 amide bonds. The van der Waals surface area contributed by atoms with Gasteiger partial charge in [0.1, 0.15) is 5.82 Å². The molecule has 2 heterocycles. The molecular formula is C19H24N6. The molecule has 1 atom stereocenters. The summed E-state index contributed by atoms with van der Waals surface area (Å²) in [6, 6.07) is 12.4. The Labute approximate surface area is 149 Å². The molecule has 1 fully saturated rings. The van der Waals surface area contributed by atoms with Gasteiger partial charge in [0.25, 0.3) is 0 Å². The summed E-state index contributed by atoms with van der Waals surface area (Å²) in [7, 11) is 6.03. The third-order valence-electron chi connectivity index (χ3n) is 4.73. The lowest BCUT2D eigenvalue weighted by molar-refractivity contribution is 0.325. The molecule has 0 saturated carbocycles. The van der Waals surface area contributed by atoms with E-state index >= 15 is 0 Å². The first-order valence-corrected chi connectivity index (χ1v) is 8.52. The molecule has 1 saturated heterocycles. The minimum absolute atomic E-state index is 0.381. The van der Waals surface area contributed by atoms with E-state index in [0.717, 1.165) is 48.9 Å². The molecule has 0 N–H and O–H groups in total. The van der Waals surface area contributed by atoms with Crippen molar-refractivity contribution in [3.63, 3.8) is 0 Å². The van der Waals surface area contributed by atoms with Crippen LogP contribution in [-0.4, -0.2) is 55.1 Å². The fourth-order valence-corrected chi connectivity index (χ4v) is 3.20. The molecule has 1 aliphatic heterocycles. The average molecular weight is 336 g/mol. The van der Waals surface area contributed by atoms with E-state index in [1.54, 1.807) is 0 Å². The zero-order valence-electron chi connectivity index (χ0n) is 15.1. The highest BCUT2D eigenvalue weighted by molar-refractivity contribution is 5.43. The van der Waals surface area contributed by atoms with Crippen molar-refractivity contribution in [1.29, 1.82) is 5.26 Å². The van der Waals surface area contributed by atoms with E-state index in [9.17, 15) is 5.26 Å². The zero-order valence-corrected chi connectivity index (χ0v) is 15.1. The molecule has 1 aromatic heterocycles. The minimum atomic E-state index is 0.381. The van der Waals surface area contributed by atoms with E-state index in [4.69, 9.17) is 0 Å². The van der Waals surface area contributed by atoms with Gasteiger partial charge in [-0.15, -0.1) is 0 Å². The van der Waals surface area contributed by atoms with Crippen LogP contribution in [0.3, 0.4) is 0 Å². The lowest BCUT2D eigenvalue weighted by Crippen LogP contribution is -2.35. The summed E-state index contributed by atoms with van der Waals surface area (Å²) < 4.78 is 0. The van der Waals surface area contributed by atoms with Crippen molar-refractivity contribution < 1.29 is 0 Å². The van der Waals surface area contributed by atoms with Crippen LogP contribution in [0, 0.1) is 11.3 Å². The van der Waals surface area contributed by atoms with E-state index in [1.165, 1.54) is 0 Å². The second-order valence-electron chi connectivity index (χ2n) is 6.67. The third kappa shape index (κ3) is 3.89. The number of nitriles is 1. The Morgan fingerprint density at radius 1 is 1.24 bits per heavy atom.